The Morgan fingerprint density at radius 3 is 1.57 bits per heavy atom. The number of aromatic nitrogens is 3. The molecule has 8 aromatic carbocycles. The molecule has 3 aromatic heterocycles. The lowest BCUT2D eigenvalue weighted by molar-refractivity contribution is 0.668. The second-order valence-corrected chi connectivity index (χ2v) is 13.9. The van der Waals surface area contributed by atoms with Crippen LogP contribution in [0.2, 0.25) is 0 Å². The number of hydrogen-bond donors (Lipinski definition) is 0. The van der Waals surface area contributed by atoms with Crippen molar-refractivity contribution in [3.8, 4) is 67.5 Å². The maximum Gasteiger partial charge on any atom is 0.167 e. The molecule has 0 N–H and O–H groups in total. The molecule has 0 saturated heterocycles. The minimum atomic E-state index is 0.548. The minimum Gasteiger partial charge on any atom is -0.455 e. The minimum absolute atomic E-state index is 0.548. The van der Waals surface area contributed by atoms with Gasteiger partial charge in [-0.2, -0.15) is 0 Å². The average molecular weight is 718 g/mol. The van der Waals surface area contributed by atoms with Gasteiger partial charge in [0.25, 0.3) is 0 Å². The van der Waals surface area contributed by atoms with Gasteiger partial charge in [-0.3, -0.25) is 0 Å². The Kier molecular flexibility index (Phi) is 7.42. The molecule has 0 aliphatic rings. The number of nitrogens with zero attached hydrogens (tertiary/aromatic N) is 3. The molecule has 0 spiro atoms. The Hall–Kier alpha value is -7.63. The molecule has 5 heteroatoms. The first kappa shape index (κ1) is 31.9. The molecule has 0 saturated carbocycles. The molecule has 56 heavy (non-hydrogen) atoms. The van der Waals surface area contributed by atoms with E-state index >= 15 is 0 Å². The molecular weight excluding hydrogens is 687 g/mol. The summed E-state index contributed by atoms with van der Waals surface area (Å²) >= 11 is 0. The Labute approximate surface area is 322 Å². The van der Waals surface area contributed by atoms with Crippen LogP contribution >= 0.6 is 0 Å². The number of furan rings is 2. The summed E-state index contributed by atoms with van der Waals surface area (Å²) in [6, 6.07) is 64.5. The molecule has 0 amide bonds. The van der Waals surface area contributed by atoms with Crippen LogP contribution in [-0.2, 0) is 0 Å². The largest absolute Gasteiger partial charge is 0.455 e. The van der Waals surface area contributed by atoms with Crippen molar-refractivity contribution in [3.63, 3.8) is 0 Å². The van der Waals surface area contributed by atoms with E-state index in [0.29, 0.717) is 17.5 Å². The van der Waals surface area contributed by atoms with Crippen LogP contribution in [0.5, 0.6) is 0 Å². The lowest BCUT2D eigenvalue weighted by atomic mass is 9.94. The van der Waals surface area contributed by atoms with E-state index in [1.807, 2.05) is 66.7 Å². The normalized spacial score (nSPS) is 11.6. The van der Waals surface area contributed by atoms with Crippen molar-refractivity contribution in [1.82, 2.24) is 15.0 Å². The van der Waals surface area contributed by atoms with Gasteiger partial charge >= 0.3 is 0 Å². The van der Waals surface area contributed by atoms with Crippen LogP contribution in [0.1, 0.15) is 0 Å². The van der Waals surface area contributed by atoms with Gasteiger partial charge in [0.1, 0.15) is 22.3 Å². The molecular formula is C51H31N3O2. The van der Waals surface area contributed by atoms with Crippen LogP contribution in [0, 0.1) is 0 Å². The Morgan fingerprint density at radius 2 is 0.821 bits per heavy atom. The van der Waals surface area contributed by atoms with Crippen LogP contribution in [0.3, 0.4) is 0 Å². The Bertz CT molecular complexity index is 3220. The molecule has 0 aliphatic heterocycles. The number of para-hydroxylation sites is 2. The lowest BCUT2D eigenvalue weighted by Gasteiger charge is -2.09. The smallest absolute Gasteiger partial charge is 0.167 e. The highest BCUT2D eigenvalue weighted by atomic mass is 16.3. The van der Waals surface area contributed by atoms with Crippen molar-refractivity contribution in [2.75, 3.05) is 0 Å². The maximum atomic E-state index is 6.79. The molecule has 0 aliphatic carbocycles. The van der Waals surface area contributed by atoms with Crippen LogP contribution in [-0.4, -0.2) is 15.0 Å². The van der Waals surface area contributed by atoms with Crippen molar-refractivity contribution in [3.05, 3.63) is 188 Å². The third kappa shape index (κ3) is 5.37. The fourth-order valence-electron chi connectivity index (χ4n) is 7.84. The molecule has 0 unspecified atom stereocenters. The van der Waals surface area contributed by atoms with E-state index in [4.69, 9.17) is 23.8 Å². The van der Waals surface area contributed by atoms with Gasteiger partial charge in [-0.05, 0) is 58.1 Å². The molecule has 0 radical (unpaired) electrons. The van der Waals surface area contributed by atoms with Crippen molar-refractivity contribution in [2.24, 2.45) is 0 Å². The zero-order chi connectivity index (χ0) is 37.0. The summed E-state index contributed by atoms with van der Waals surface area (Å²) in [6.45, 7) is 0. The van der Waals surface area contributed by atoms with E-state index in [-0.39, 0.29) is 0 Å². The highest BCUT2D eigenvalue weighted by Gasteiger charge is 2.20. The van der Waals surface area contributed by atoms with E-state index in [9.17, 15) is 0 Å². The number of benzene rings is 8. The molecule has 11 rings (SSSR count). The van der Waals surface area contributed by atoms with Crippen LogP contribution in [0.25, 0.3) is 111 Å². The van der Waals surface area contributed by atoms with Crippen LogP contribution in [0.15, 0.2) is 197 Å². The molecule has 0 atom stereocenters. The predicted octanol–water partition coefficient (Wildman–Crippen LogP) is 13.7. The second-order valence-electron chi connectivity index (χ2n) is 13.9. The first-order chi connectivity index (χ1) is 27.7. The summed E-state index contributed by atoms with van der Waals surface area (Å²) in [5, 5.41) is 4.21. The lowest BCUT2D eigenvalue weighted by Crippen LogP contribution is -2.00. The van der Waals surface area contributed by atoms with Gasteiger partial charge in [-0.1, -0.05) is 158 Å². The first-order valence-electron chi connectivity index (χ1n) is 18.7. The molecule has 5 nitrogen and oxygen atoms in total. The zero-order valence-electron chi connectivity index (χ0n) is 30.1. The Balaban J connectivity index is 1.05. The van der Waals surface area contributed by atoms with Gasteiger partial charge in [-0.15, -0.1) is 0 Å². The van der Waals surface area contributed by atoms with Crippen molar-refractivity contribution < 1.29 is 8.83 Å². The molecule has 0 fully saturated rings. The summed E-state index contributed by atoms with van der Waals surface area (Å²) in [7, 11) is 0. The van der Waals surface area contributed by atoms with Crippen molar-refractivity contribution in [2.45, 2.75) is 0 Å². The van der Waals surface area contributed by atoms with Gasteiger partial charge in [0.15, 0.2) is 17.5 Å². The molecule has 0 bridgehead atoms. The van der Waals surface area contributed by atoms with Gasteiger partial charge in [-0.25, -0.2) is 15.0 Å². The summed E-state index contributed by atoms with van der Waals surface area (Å²) in [5.74, 6) is 1.74. The predicted molar refractivity (Wildman–Crippen MR) is 227 cm³/mol. The van der Waals surface area contributed by atoms with Gasteiger partial charge in [0.05, 0.1) is 5.56 Å². The highest BCUT2D eigenvalue weighted by molar-refractivity contribution is 6.17. The third-order valence-electron chi connectivity index (χ3n) is 10.6. The van der Waals surface area contributed by atoms with E-state index in [2.05, 4.69) is 121 Å². The Morgan fingerprint density at radius 1 is 0.286 bits per heavy atom. The van der Waals surface area contributed by atoms with Crippen molar-refractivity contribution in [1.29, 1.82) is 0 Å². The van der Waals surface area contributed by atoms with Crippen molar-refractivity contribution >= 4 is 43.9 Å². The van der Waals surface area contributed by atoms with Gasteiger partial charge < -0.3 is 8.83 Å². The average Bonchev–Trinajstić information content (AvgIpc) is 3.86. The third-order valence-corrected chi connectivity index (χ3v) is 10.6. The fourth-order valence-corrected chi connectivity index (χ4v) is 7.84. The number of fused-ring (bicyclic) bond motifs is 6. The standard InChI is InChI=1S/C51H31N3O2/c1-4-13-32(14-5-1)33-23-25-36(26-24-33)50-52-49(35-17-8-3-9-18-35)53-51(54-50)43-21-12-20-41-40-28-27-37(31-45(40)56-47(41)43)39-30-29-38(34-15-6-2-7-16-34)46-42-19-10-11-22-44(42)55-48(39)46/h1-31H. The number of hydrogen-bond acceptors (Lipinski definition) is 5. The van der Waals surface area contributed by atoms with E-state index in [0.717, 1.165) is 93.9 Å². The second kappa shape index (κ2) is 13.0. The summed E-state index contributed by atoms with van der Waals surface area (Å²) in [5.41, 5.74) is 12.4. The highest BCUT2D eigenvalue weighted by Crippen LogP contribution is 2.43. The van der Waals surface area contributed by atoms with Crippen LogP contribution < -0.4 is 0 Å². The first-order valence-corrected chi connectivity index (χ1v) is 18.7. The summed E-state index contributed by atoms with van der Waals surface area (Å²) in [4.78, 5) is 15.1. The number of rotatable bonds is 6. The topological polar surface area (TPSA) is 65.0 Å². The SMILES string of the molecule is c1ccc(-c2ccc(-c3nc(-c4ccccc4)nc(-c4cccc5c4oc4cc(-c6ccc(-c7ccccc7)c7c6oc6ccccc67)ccc45)n3)cc2)cc1. The summed E-state index contributed by atoms with van der Waals surface area (Å²) < 4.78 is 13.4. The van der Waals surface area contributed by atoms with Crippen LogP contribution in [0.4, 0.5) is 0 Å². The van der Waals surface area contributed by atoms with Gasteiger partial charge in [0.2, 0.25) is 0 Å². The fraction of sp³-hybridized carbons (Fsp3) is 0. The summed E-state index contributed by atoms with van der Waals surface area (Å²) in [6.07, 6.45) is 0. The van der Waals surface area contributed by atoms with E-state index in [1.54, 1.807) is 0 Å². The van der Waals surface area contributed by atoms with E-state index in [1.165, 1.54) is 0 Å². The maximum absolute atomic E-state index is 6.79. The molecule has 262 valence electrons. The zero-order valence-corrected chi connectivity index (χ0v) is 30.1. The quantitative estimate of drug-likeness (QED) is 0.171. The van der Waals surface area contributed by atoms with Gasteiger partial charge in [0, 0.05) is 38.2 Å². The monoisotopic (exact) mass is 717 g/mol. The molecule has 3 heterocycles. The molecule has 11 aromatic rings. The van der Waals surface area contributed by atoms with E-state index < -0.39 is 0 Å².